The van der Waals surface area contributed by atoms with Gasteiger partial charge < -0.3 is 29.8 Å². The smallest absolute Gasteiger partial charge is 0.346 e. The Hall–Kier alpha value is -5.33. The van der Waals surface area contributed by atoms with Crippen LogP contribution in [0.1, 0.15) is 77.2 Å². The minimum atomic E-state index is -0.767. The number of aliphatic hydroxyl groups is 1. The summed E-state index contributed by atoms with van der Waals surface area (Å²) in [6.07, 6.45) is -0.0359. The van der Waals surface area contributed by atoms with E-state index in [1.54, 1.807) is 12.1 Å². The van der Waals surface area contributed by atoms with E-state index in [4.69, 9.17) is 9.47 Å². The average molecular weight is 689 g/mol. The largest absolute Gasteiger partial charge is 0.618 e. The number of cyclic esters (lactones) is 2. The summed E-state index contributed by atoms with van der Waals surface area (Å²) in [5, 5.41) is 25.6. The minimum absolute atomic E-state index is 0.0685. The Kier molecular flexibility index (Phi) is 9.72. The number of hydrogen-bond acceptors (Lipinski definition) is 9. The Morgan fingerprint density at radius 1 is 0.780 bits per heavy atom. The Labute approximate surface area is 292 Å². The summed E-state index contributed by atoms with van der Waals surface area (Å²) in [6.45, 7) is 0.147. The van der Waals surface area contributed by atoms with Gasteiger partial charge in [-0.05, 0) is 46.5 Å². The van der Waals surface area contributed by atoms with Gasteiger partial charge in [0.05, 0.1) is 29.9 Å². The quantitative estimate of drug-likeness (QED) is 0.0615. The Balaban J connectivity index is 1.12. The number of esters is 2. The Morgan fingerprint density at radius 2 is 1.48 bits per heavy atom. The lowest BCUT2D eigenvalue weighted by molar-refractivity contribution is -0.645. The number of aliphatic hydroxyl groups excluding tert-OH is 1. The maximum absolute atomic E-state index is 12.9. The van der Waals surface area contributed by atoms with Crippen LogP contribution in [0.2, 0.25) is 0 Å². The molecule has 11 heteroatoms. The molecule has 0 saturated carbocycles. The lowest BCUT2D eigenvalue weighted by Crippen LogP contribution is -2.39. The first-order valence-electron chi connectivity index (χ1n) is 16.0. The third kappa shape index (κ3) is 7.03. The molecule has 0 spiro atoms. The molecule has 2 aliphatic rings. The first-order valence-corrected chi connectivity index (χ1v) is 17.0. The Morgan fingerprint density at radius 3 is 2.22 bits per heavy atom. The fourth-order valence-corrected chi connectivity index (χ4v) is 7.13. The highest BCUT2D eigenvalue weighted by Gasteiger charge is 2.42. The molecular weight excluding hydrogens is 657 g/mol. The normalized spacial score (nSPS) is 19.9. The van der Waals surface area contributed by atoms with Gasteiger partial charge in [0.25, 0.3) is 10.9 Å². The van der Waals surface area contributed by atoms with Crippen molar-refractivity contribution in [3.63, 3.8) is 0 Å². The second-order valence-corrected chi connectivity index (χ2v) is 13.0. The third-order valence-corrected chi connectivity index (χ3v) is 9.87. The van der Waals surface area contributed by atoms with Crippen LogP contribution in [0.4, 0.5) is 0 Å². The minimum Gasteiger partial charge on any atom is -0.618 e. The summed E-state index contributed by atoms with van der Waals surface area (Å²) in [7, 11) is 0. The zero-order chi connectivity index (χ0) is 34.6. The van der Waals surface area contributed by atoms with Crippen molar-refractivity contribution in [1.82, 2.24) is 5.32 Å². The lowest BCUT2D eigenvalue weighted by Gasteiger charge is -2.43. The molecule has 1 saturated heterocycles. The molecule has 7 rings (SSSR count). The molecule has 4 aromatic carbocycles. The van der Waals surface area contributed by atoms with Crippen LogP contribution in [0.25, 0.3) is 0 Å². The van der Waals surface area contributed by atoms with Crippen LogP contribution in [0.15, 0.2) is 126 Å². The van der Waals surface area contributed by atoms with Crippen LogP contribution in [-0.4, -0.2) is 34.8 Å². The molecule has 1 amide bonds. The zero-order valence-electron chi connectivity index (χ0n) is 26.6. The van der Waals surface area contributed by atoms with Crippen molar-refractivity contribution < 1.29 is 38.4 Å². The van der Waals surface area contributed by atoms with Gasteiger partial charge >= 0.3 is 11.9 Å². The fraction of sp³-hybridized carbons (Fsp3) is 0.179. The number of aromatic nitrogens is 1. The van der Waals surface area contributed by atoms with E-state index in [1.807, 2.05) is 72.8 Å². The summed E-state index contributed by atoms with van der Waals surface area (Å²) in [6, 6.07) is 34.8. The molecule has 252 valence electrons. The molecule has 0 bridgehead atoms. The van der Waals surface area contributed by atoms with Gasteiger partial charge in [0.2, 0.25) is 0 Å². The number of carbonyl (C=O) groups excluding carboxylic acids is 3. The van der Waals surface area contributed by atoms with E-state index in [0.717, 1.165) is 32.5 Å². The highest BCUT2D eigenvalue weighted by Crippen LogP contribution is 2.48. The summed E-state index contributed by atoms with van der Waals surface area (Å²) < 4.78 is 18.9. The second-order valence-electron chi connectivity index (χ2n) is 11.9. The van der Waals surface area contributed by atoms with Gasteiger partial charge in [0.15, 0.2) is 12.5 Å². The maximum atomic E-state index is 12.9. The average Bonchev–Trinajstić information content (AvgIpc) is 3.45. The molecule has 0 aliphatic carbocycles. The van der Waals surface area contributed by atoms with E-state index < -0.39 is 30.2 Å². The van der Waals surface area contributed by atoms with Crippen molar-refractivity contribution in [3.8, 4) is 0 Å². The summed E-state index contributed by atoms with van der Waals surface area (Å²) in [5.74, 6) is -1.62. The number of nitrogens with one attached hydrogen (secondary N) is 1. The summed E-state index contributed by atoms with van der Waals surface area (Å²) in [5.41, 5.74) is 4.82. The molecule has 5 aromatic rings. The summed E-state index contributed by atoms with van der Waals surface area (Å²) in [4.78, 5) is 36.5. The second kappa shape index (κ2) is 14.7. The molecular formula is C39H32N2O8S. The molecule has 3 heterocycles. The van der Waals surface area contributed by atoms with Crippen LogP contribution in [0, 0.1) is 5.21 Å². The van der Waals surface area contributed by atoms with E-state index in [1.165, 1.54) is 36.2 Å². The van der Waals surface area contributed by atoms with E-state index in [2.05, 4.69) is 22.2 Å². The van der Waals surface area contributed by atoms with Crippen molar-refractivity contribution >= 4 is 29.6 Å². The van der Waals surface area contributed by atoms with Crippen molar-refractivity contribution in [2.45, 2.75) is 42.6 Å². The van der Waals surface area contributed by atoms with Gasteiger partial charge in [-0.2, -0.15) is 4.73 Å². The molecule has 10 nitrogen and oxygen atoms in total. The number of nitrogens with zero attached hydrogens (tertiary/aromatic N) is 1. The van der Waals surface area contributed by atoms with Crippen molar-refractivity contribution in [1.29, 1.82) is 0 Å². The van der Waals surface area contributed by atoms with Crippen molar-refractivity contribution in [3.05, 3.63) is 171 Å². The first-order chi connectivity index (χ1) is 24.4. The number of pyridine rings is 1. The van der Waals surface area contributed by atoms with E-state index in [9.17, 15) is 24.7 Å². The SMILES string of the molecule is O=C(NCc1ccc(C2O[C@H](CSc3cccc[n+]3[O-])[C@@H](c3ccccc3)[C@H](c3ccc(CO)cc3)O2)cc1)c1ccc2c(c1)C(=O)OC2=O. The molecule has 2 aliphatic heterocycles. The van der Waals surface area contributed by atoms with Crippen LogP contribution < -0.4 is 10.0 Å². The van der Waals surface area contributed by atoms with Crippen LogP contribution in [-0.2, 0) is 27.4 Å². The van der Waals surface area contributed by atoms with Gasteiger partial charge in [-0.1, -0.05) is 90.6 Å². The predicted molar refractivity (Wildman–Crippen MR) is 183 cm³/mol. The monoisotopic (exact) mass is 688 g/mol. The van der Waals surface area contributed by atoms with Gasteiger partial charge in [0, 0.05) is 41.5 Å². The lowest BCUT2D eigenvalue weighted by atomic mass is 9.84. The number of amides is 1. The van der Waals surface area contributed by atoms with Gasteiger partial charge in [-0.3, -0.25) is 4.79 Å². The molecule has 1 unspecified atom stereocenters. The van der Waals surface area contributed by atoms with E-state index in [0.29, 0.717) is 10.8 Å². The van der Waals surface area contributed by atoms with Gasteiger partial charge in [-0.15, -0.1) is 0 Å². The third-order valence-electron chi connectivity index (χ3n) is 8.77. The number of carbonyl (C=O) groups is 3. The standard InChI is InChI=1S/C39H32N2O8S/c42-22-25-11-13-27(14-12-25)35-34(26-6-2-1-3-7-26)32(23-50-33-8-4-5-19-41(33)46)47-39(48-35)28-15-9-24(10-16-28)21-40-36(43)29-17-18-30-31(20-29)38(45)49-37(30)44/h1-20,32,34-35,39,42H,21-23H2,(H,40,43)/t32-,34-,35+,39?/m1/s1. The topological polar surface area (TPSA) is 138 Å². The number of fused-ring (bicyclic) bond motifs is 1. The highest BCUT2D eigenvalue weighted by molar-refractivity contribution is 7.99. The molecule has 2 N–H and O–H groups in total. The number of ether oxygens (including phenoxy) is 3. The van der Waals surface area contributed by atoms with E-state index >= 15 is 0 Å². The number of benzene rings is 4. The van der Waals surface area contributed by atoms with Crippen LogP contribution >= 0.6 is 11.8 Å². The first kappa shape index (κ1) is 33.2. The Bertz CT molecular complexity index is 2020. The predicted octanol–water partition coefficient (Wildman–Crippen LogP) is 5.78. The van der Waals surface area contributed by atoms with E-state index in [-0.39, 0.29) is 41.9 Å². The number of hydrogen-bond donors (Lipinski definition) is 2. The molecule has 1 aromatic heterocycles. The maximum Gasteiger partial charge on any atom is 0.346 e. The molecule has 50 heavy (non-hydrogen) atoms. The van der Waals surface area contributed by atoms with Gasteiger partial charge in [-0.25, -0.2) is 9.59 Å². The summed E-state index contributed by atoms with van der Waals surface area (Å²) >= 11 is 1.42. The fourth-order valence-electron chi connectivity index (χ4n) is 6.15. The molecule has 4 atom stereocenters. The number of thioether (sulfide) groups is 1. The van der Waals surface area contributed by atoms with Crippen molar-refractivity contribution in [2.24, 2.45) is 0 Å². The van der Waals surface area contributed by atoms with Crippen LogP contribution in [0.3, 0.4) is 0 Å². The number of rotatable bonds is 10. The molecule has 1 fully saturated rings. The molecule has 0 radical (unpaired) electrons. The van der Waals surface area contributed by atoms with Gasteiger partial charge in [0.1, 0.15) is 0 Å². The highest BCUT2D eigenvalue weighted by atomic mass is 32.2. The van der Waals surface area contributed by atoms with Crippen molar-refractivity contribution in [2.75, 3.05) is 5.75 Å². The van der Waals surface area contributed by atoms with Crippen LogP contribution in [0.5, 0.6) is 0 Å². The zero-order valence-corrected chi connectivity index (χ0v) is 27.5.